The number of Topliss-reactive ketones (excluding diaryl/α,β-unsaturated/α-hetero) is 1. The van der Waals surface area contributed by atoms with E-state index in [9.17, 15) is 9.59 Å². The summed E-state index contributed by atoms with van der Waals surface area (Å²) in [6.07, 6.45) is -0.984. The number of carbonyl (C=O) groups excluding carboxylic acids is 2. The summed E-state index contributed by atoms with van der Waals surface area (Å²) in [5, 5.41) is 0.680. The minimum absolute atomic E-state index is 0.319. The maximum absolute atomic E-state index is 12.8. The molecule has 28 heavy (non-hydrogen) atoms. The number of methoxy groups -OCH3 is 2. The van der Waals surface area contributed by atoms with Gasteiger partial charge in [-0.2, -0.15) is 0 Å². The zero-order valence-corrected chi connectivity index (χ0v) is 16.2. The number of benzene rings is 2. The van der Waals surface area contributed by atoms with Crippen molar-refractivity contribution in [3.05, 3.63) is 65.4 Å². The molecule has 0 aliphatic rings. The van der Waals surface area contributed by atoms with Crippen molar-refractivity contribution >= 4 is 22.7 Å². The molecule has 0 bridgehead atoms. The van der Waals surface area contributed by atoms with Gasteiger partial charge in [-0.25, -0.2) is 4.79 Å². The molecular weight excluding hydrogens is 358 g/mol. The highest BCUT2D eigenvalue weighted by Crippen LogP contribution is 2.27. The average Bonchev–Trinajstić information content (AvgIpc) is 2.71. The normalized spacial score (nSPS) is 11.7. The van der Waals surface area contributed by atoms with Crippen LogP contribution in [0.1, 0.15) is 33.3 Å². The molecule has 3 aromatic rings. The Hall–Kier alpha value is -3.41. The molecule has 0 aliphatic heterocycles. The van der Waals surface area contributed by atoms with Gasteiger partial charge in [-0.05, 0) is 38.1 Å². The van der Waals surface area contributed by atoms with Gasteiger partial charge in [-0.3, -0.25) is 9.78 Å². The molecule has 0 spiro atoms. The van der Waals surface area contributed by atoms with E-state index in [-0.39, 0.29) is 5.78 Å². The molecule has 1 heterocycles. The first kappa shape index (κ1) is 19.4. The minimum atomic E-state index is -0.984. The number of carbonyl (C=O) groups is 2. The fourth-order valence-corrected chi connectivity index (χ4v) is 2.98. The summed E-state index contributed by atoms with van der Waals surface area (Å²) in [6, 6.07) is 13.8. The first-order valence-electron chi connectivity index (χ1n) is 8.78. The van der Waals surface area contributed by atoms with Crippen molar-refractivity contribution in [1.82, 2.24) is 4.98 Å². The van der Waals surface area contributed by atoms with Crippen LogP contribution in [0.15, 0.2) is 48.5 Å². The van der Waals surface area contributed by atoms with E-state index in [0.717, 1.165) is 0 Å². The van der Waals surface area contributed by atoms with Crippen LogP contribution in [0.5, 0.6) is 11.5 Å². The number of nitrogens with zero attached hydrogens (tertiary/aromatic N) is 1. The first-order chi connectivity index (χ1) is 13.4. The van der Waals surface area contributed by atoms with Gasteiger partial charge in [0, 0.05) is 17.1 Å². The van der Waals surface area contributed by atoms with Gasteiger partial charge in [0.15, 0.2) is 6.10 Å². The van der Waals surface area contributed by atoms with Crippen molar-refractivity contribution in [2.45, 2.75) is 20.0 Å². The van der Waals surface area contributed by atoms with Crippen LogP contribution in [0.25, 0.3) is 10.9 Å². The van der Waals surface area contributed by atoms with Crippen molar-refractivity contribution in [3.8, 4) is 11.5 Å². The summed E-state index contributed by atoms with van der Waals surface area (Å²) >= 11 is 0. The van der Waals surface area contributed by atoms with Crippen LogP contribution in [-0.4, -0.2) is 37.1 Å². The SMILES string of the molecule is COc1ccc(C(=O)[C@H](C)OC(=O)c2cc(C)nc3ccccc23)c(OC)c1. The molecule has 144 valence electrons. The van der Waals surface area contributed by atoms with Gasteiger partial charge in [-0.15, -0.1) is 0 Å². The maximum Gasteiger partial charge on any atom is 0.339 e. The summed E-state index contributed by atoms with van der Waals surface area (Å²) in [5.74, 6) is -0.00722. The number of aromatic nitrogens is 1. The highest BCUT2D eigenvalue weighted by atomic mass is 16.5. The molecule has 1 atom stereocenters. The monoisotopic (exact) mass is 379 g/mol. The number of fused-ring (bicyclic) bond motifs is 1. The average molecular weight is 379 g/mol. The number of aryl methyl sites for hydroxylation is 1. The topological polar surface area (TPSA) is 74.7 Å². The smallest absolute Gasteiger partial charge is 0.339 e. The Bertz CT molecular complexity index is 1040. The summed E-state index contributed by atoms with van der Waals surface area (Å²) in [5.41, 5.74) is 2.09. The first-order valence-corrected chi connectivity index (χ1v) is 8.78. The van der Waals surface area contributed by atoms with Crippen molar-refractivity contribution in [2.24, 2.45) is 0 Å². The number of ketones is 1. The molecule has 6 heteroatoms. The summed E-state index contributed by atoms with van der Waals surface area (Å²) in [6.45, 7) is 3.35. The van der Waals surface area contributed by atoms with Crippen LogP contribution in [0.3, 0.4) is 0 Å². The highest BCUT2D eigenvalue weighted by molar-refractivity contribution is 6.06. The van der Waals surface area contributed by atoms with E-state index >= 15 is 0 Å². The predicted molar refractivity (Wildman–Crippen MR) is 105 cm³/mol. The Morgan fingerprint density at radius 3 is 2.43 bits per heavy atom. The second-order valence-electron chi connectivity index (χ2n) is 6.31. The lowest BCUT2D eigenvalue weighted by Gasteiger charge is -2.16. The molecule has 0 fully saturated rings. The van der Waals surface area contributed by atoms with Crippen LogP contribution in [0.2, 0.25) is 0 Å². The van der Waals surface area contributed by atoms with Gasteiger partial charge in [0.25, 0.3) is 0 Å². The predicted octanol–water partition coefficient (Wildman–Crippen LogP) is 3.99. The van der Waals surface area contributed by atoms with E-state index in [2.05, 4.69) is 4.98 Å². The standard InChI is InChI=1S/C22H21NO5/c1-13-11-18(16-7-5-6-8-19(16)23-13)22(25)28-14(2)21(24)17-10-9-15(26-3)12-20(17)27-4/h5-12,14H,1-4H3/t14-/m0/s1. The molecule has 2 aromatic carbocycles. The lowest BCUT2D eigenvalue weighted by Crippen LogP contribution is -2.25. The second-order valence-corrected chi connectivity index (χ2v) is 6.31. The van der Waals surface area contributed by atoms with Gasteiger partial charge < -0.3 is 14.2 Å². The number of rotatable bonds is 6. The Labute approximate surface area is 163 Å². The largest absolute Gasteiger partial charge is 0.497 e. The lowest BCUT2D eigenvalue weighted by molar-refractivity contribution is 0.0319. The van der Waals surface area contributed by atoms with Gasteiger partial charge in [0.05, 0.1) is 30.9 Å². The summed E-state index contributed by atoms with van der Waals surface area (Å²) in [7, 11) is 3.00. The van der Waals surface area contributed by atoms with Crippen molar-refractivity contribution in [2.75, 3.05) is 14.2 Å². The van der Waals surface area contributed by atoms with E-state index in [1.54, 1.807) is 44.2 Å². The fraction of sp³-hybridized carbons (Fsp3) is 0.227. The van der Waals surface area contributed by atoms with Crippen molar-refractivity contribution in [1.29, 1.82) is 0 Å². The quantitative estimate of drug-likeness (QED) is 0.476. The maximum atomic E-state index is 12.8. The molecule has 0 unspecified atom stereocenters. The minimum Gasteiger partial charge on any atom is -0.497 e. The Morgan fingerprint density at radius 2 is 1.71 bits per heavy atom. The molecular formula is C22H21NO5. The Balaban J connectivity index is 1.86. The third-order valence-electron chi connectivity index (χ3n) is 4.39. The zero-order valence-electron chi connectivity index (χ0n) is 16.2. The molecule has 0 saturated carbocycles. The Morgan fingerprint density at radius 1 is 0.964 bits per heavy atom. The summed E-state index contributed by atoms with van der Waals surface area (Å²) < 4.78 is 15.9. The summed E-state index contributed by atoms with van der Waals surface area (Å²) in [4.78, 5) is 30.0. The number of para-hydroxylation sites is 1. The number of hydrogen-bond acceptors (Lipinski definition) is 6. The Kier molecular flexibility index (Phi) is 5.59. The number of ether oxygens (including phenoxy) is 3. The number of esters is 1. The molecule has 3 rings (SSSR count). The fourth-order valence-electron chi connectivity index (χ4n) is 2.98. The molecule has 0 saturated heterocycles. The molecule has 0 amide bonds. The van der Waals surface area contributed by atoms with Crippen LogP contribution in [0, 0.1) is 6.92 Å². The third-order valence-corrected chi connectivity index (χ3v) is 4.39. The molecule has 0 radical (unpaired) electrons. The number of hydrogen-bond donors (Lipinski definition) is 0. The molecule has 6 nitrogen and oxygen atoms in total. The van der Waals surface area contributed by atoms with E-state index in [0.29, 0.717) is 39.2 Å². The van der Waals surface area contributed by atoms with Gasteiger partial charge in [0.2, 0.25) is 5.78 Å². The van der Waals surface area contributed by atoms with E-state index < -0.39 is 12.1 Å². The van der Waals surface area contributed by atoms with Crippen LogP contribution in [0.4, 0.5) is 0 Å². The van der Waals surface area contributed by atoms with Crippen molar-refractivity contribution < 1.29 is 23.8 Å². The van der Waals surface area contributed by atoms with E-state index in [1.807, 2.05) is 18.2 Å². The zero-order chi connectivity index (χ0) is 20.3. The second kappa shape index (κ2) is 8.08. The highest BCUT2D eigenvalue weighted by Gasteiger charge is 2.24. The van der Waals surface area contributed by atoms with Gasteiger partial charge in [-0.1, -0.05) is 18.2 Å². The molecule has 0 N–H and O–H groups in total. The molecule has 0 aliphatic carbocycles. The van der Waals surface area contributed by atoms with Crippen LogP contribution in [-0.2, 0) is 4.74 Å². The van der Waals surface area contributed by atoms with Crippen LogP contribution >= 0.6 is 0 Å². The molecule has 1 aromatic heterocycles. The van der Waals surface area contributed by atoms with E-state index in [4.69, 9.17) is 14.2 Å². The van der Waals surface area contributed by atoms with Crippen LogP contribution < -0.4 is 9.47 Å². The van der Waals surface area contributed by atoms with Gasteiger partial charge in [0.1, 0.15) is 11.5 Å². The van der Waals surface area contributed by atoms with Gasteiger partial charge >= 0.3 is 5.97 Å². The lowest BCUT2D eigenvalue weighted by atomic mass is 10.0. The van der Waals surface area contributed by atoms with E-state index in [1.165, 1.54) is 14.2 Å². The third kappa shape index (κ3) is 3.81. The van der Waals surface area contributed by atoms with Crippen molar-refractivity contribution in [3.63, 3.8) is 0 Å². The number of pyridine rings is 1.